The number of aryl methyl sites for hydroxylation is 1. The summed E-state index contributed by atoms with van der Waals surface area (Å²) in [5.41, 5.74) is 2.91. The molecule has 0 saturated carbocycles. The van der Waals surface area contributed by atoms with Crippen LogP contribution in [0.15, 0.2) is 23.8 Å². The first-order chi connectivity index (χ1) is 9.69. The zero-order valence-electron chi connectivity index (χ0n) is 11.4. The van der Waals surface area contributed by atoms with E-state index in [1.54, 1.807) is 11.3 Å². The maximum absolute atomic E-state index is 6.03. The van der Waals surface area contributed by atoms with Gasteiger partial charge in [-0.25, -0.2) is 15.0 Å². The number of pyridine rings is 1. The van der Waals surface area contributed by atoms with E-state index < -0.39 is 0 Å². The molecular weight excluding hydrogens is 292 g/mol. The molecule has 0 N–H and O–H groups in total. The average Bonchev–Trinajstić information content (AvgIpc) is 3.06. The van der Waals surface area contributed by atoms with Crippen molar-refractivity contribution in [2.75, 3.05) is 0 Å². The molecule has 0 aliphatic rings. The molecule has 0 bridgehead atoms. The molecule has 3 heterocycles. The molecule has 0 spiro atoms. The lowest BCUT2D eigenvalue weighted by Gasteiger charge is -2.12. The largest absolute Gasteiger partial charge is 0.311 e. The van der Waals surface area contributed by atoms with Crippen LogP contribution in [0.25, 0.3) is 11.2 Å². The third-order valence-electron chi connectivity index (χ3n) is 3.25. The summed E-state index contributed by atoms with van der Waals surface area (Å²) in [5.74, 6) is 1.57. The molecule has 104 valence electrons. The van der Waals surface area contributed by atoms with Crippen LogP contribution in [0.3, 0.4) is 0 Å². The Morgan fingerprint density at radius 2 is 2.25 bits per heavy atom. The van der Waals surface area contributed by atoms with E-state index >= 15 is 0 Å². The summed E-state index contributed by atoms with van der Waals surface area (Å²) in [4.78, 5) is 13.5. The second-order valence-electron chi connectivity index (χ2n) is 4.90. The number of aromatic nitrogens is 4. The summed E-state index contributed by atoms with van der Waals surface area (Å²) in [6.07, 6.45) is 3.71. The Kier molecular flexibility index (Phi) is 3.72. The molecule has 0 amide bonds. The van der Waals surface area contributed by atoms with Crippen molar-refractivity contribution in [3.8, 4) is 0 Å². The van der Waals surface area contributed by atoms with Gasteiger partial charge in [0.05, 0.1) is 10.9 Å². The van der Waals surface area contributed by atoms with Crippen molar-refractivity contribution < 1.29 is 0 Å². The molecule has 4 nitrogen and oxygen atoms in total. The molecule has 0 saturated heterocycles. The van der Waals surface area contributed by atoms with Gasteiger partial charge in [-0.2, -0.15) is 0 Å². The number of imidazole rings is 1. The number of hydrogen-bond acceptors (Lipinski definition) is 4. The lowest BCUT2D eigenvalue weighted by molar-refractivity contribution is 0.589. The summed E-state index contributed by atoms with van der Waals surface area (Å²) in [6.45, 7) is 4.98. The number of fused-ring (bicyclic) bond motifs is 1. The van der Waals surface area contributed by atoms with E-state index in [0.29, 0.717) is 11.8 Å². The van der Waals surface area contributed by atoms with Crippen LogP contribution in [-0.2, 0) is 12.4 Å². The van der Waals surface area contributed by atoms with Crippen LogP contribution < -0.4 is 0 Å². The van der Waals surface area contributed by atoms with Crippen LogP contribution in [-0.4, -0.2) is 19.5 Å². The first kappa shape index (κ1) is 13.5. The van der Waals surface area contributed by atoms with E-state index in [9.17, 15) is 0 Å². The highest BCUT2D eigenvalue weighted by molar-refractivity contribution is 7.09. The lowest BCUT2D eigenvalue weighted by atomic mass is 10.2. The molecule has 0 aliphatic heterocycles. The lowest BCUT2D eigenvalue weighted by Crippen LogP contribution is -2.09. The molecule has 3 aromatic rings. The van der Waals surface area contributed by atoms with Crippen molar-refractivity contribution in [2.24, 2.45) is 0 Å². The number of rotatable bonds is 4. The second-order valence-corrected chi connectivity index (χ2v) is 6.09. The van der Waals surface area contributed by atoms with Crippen LogP contribution in [0.4, 0.5) is 0 Å². The Morgan fingerprint density at radius 1 is 1.40 bits per heavy atom. The molecule has 6 heteroatoms. The van der Waals surface area contributed by atoms with E-state index in [-0.39, 0.29) is 0 Å². The first-order valence-corrected chi connectivity index (χ1v) is 7.87. The molecule has 0 aromatic carbocycles. The number of halogens is 1. The molecule has 0 aliphatic carbocycles. The van der Waals surface area contributed by atoms with Crippen LogP contribution in [0.1, 0.15) is 29.2 Å². The van der Waals surface area contributed by atoms with E-state index in [2.05, 4.69) is 26.4 Å². The van der Waals surface area contributed by atoms with Gasteiger partial charge in [-0.05, 0) is 18.6 Å². The number of thiazole rings is 1. The van der Waals surface area contributed by atoms with Gasteiger partial charge in [-0.3, -0.25) is 0 Å². The summed E-state index contributed by atoms with van der Waals surface area (Å²) in [7, 11) is 0. The molecule has 3 rings (SSSR count). The third kappa shape index (κ3) is 2.43. The van der Waals surface area contributed by atoms with Crippen LogP contribution in [0.2, 0.25) is 0 Å². The van der Waals surface area contributed by atoms with Gasteiger partial charge in [-0.1, -0.05) is 6.92 Å². The number of hydrogen-bond donors (Lipinski definition) is 0. The topological polar surface area (TPSA) is 43.6 Å². The fourth-order valence-electron chi connectivity index (χ4n) is 2.28. The van der Waals surface area contributed by atoms with Gasteiger partial charge in [-0.15, -0.1) is 22.9 Å². The SMILES string of the molecule is Cc1cnc2c(c1)nc(CCl)n2CC(C)c1nccs1. The Labute approximate surface area is 126 Å². The van der Waals surface area contributed by atoms with Crippen molar-refractivity contribution in [3.05, 3.63) is 40.2 Å². The highest BCUT2D eigenvalue weighted by Gasteiger charge is 2.16. The maximum atomic E-state index is 6.03. The van der Waals surface area contributed by atoms with E-state index in [4.69, 9.17) is 11.6 Å². The normalized spacial score (nSPS) is 12.9. The molecule has 0 radical (unpaired) electrons. The number of nitrogens with zero attached hydrogens (tertiary/aromatic N) is 4. The van der Waals surface area contributed by atoms with E-state index in [1.807, 2.05) is 30.8 Å². The first-order valence-electron chi connectivity index (χ1n) is 6.46. The predicted octanol–water partition coefficient (Wildman–Crippen LogP) is 3.74. The Hall–Kier alpha value is -1.46. The Bertz CT molecular complexity index is 720. The minimum atomic E-state index is 0.317. The van der Waals surface area contributed by atoms with Gasteiger partial charge in [0, 0.05) is 30.2 Å². The smallest absolute Gasteiger partial charge is 0.160 e. The fourth-order valence-corrected chi connectivity index (χ4v) is 3.18. The van der Waals surface area contributed by atoms with Gasteiger partial charge >= 0.3 is 0 Å². The van der Waals surface area contributed by atoms with Crippen molar-refractivity contribution in [3.63, 3.8) is 0 Å². The average molecular weight is 307 g/mol. The van der Waals surface area contributed by atoms with Gasteiger partial charge in [0.15, 0.2) is 5.65 Å². The molecule has 1 unspecified atom stereocenters. The minimum Gasteiger partial charge on any atom is -0.311 e. The zero-order valence-corrected chi connectivity index (χ0v) is 12.9. The quantitative estimate of drug-likeness (QED) is 0.690. The van der Waals surface area contributed by atoms with Gasteiger partial charge in [0.25, 0.3) is 0 Å². The van der Waals surface area contributed by atoms with Gasteiger partial charge in [0.1, 0.15) is 11.3 Å². The van der Waals surface area contributed by atoms with Crippen LogP contribution in [0, 0.1) is 6.92 Å². The molecule has 0 fully saturated rings. The number of alkyl halides is 1. The van der Waals surface area contributed by atoms with Crippen molar-refractivity contribution in [2.45, 2.75) is 32.2 Å². The third-order valence-corrected chi connectivity index (χ3v) is 4.50. The monoisotopic (exact) mass is 306 g/mol. The Balaban J connectivity index is 2.01. The Morgan fingerprint density at radius 3 is 2.95 bits per heavy atom. The van der Waals surface area contributed by atoms with Crippen molar-refractivity contribution in [1.82, 2.24) is 19.5 Å². The van der Waals surface area contributed by atoms with Crippen LogP contribution >= 0.6 is 22.9 Å². The standard InChI is InChI=1S/C14H15ClN4S/c1-9-5-11-13(17-7-9)19(12(6-15)18-11)8-10(2)14-16-3-4-20-14/h3-5,7,10H,6,8H2,1-2H3. The van der Waals surface area contributed by atoms with Crippen molar-refractivity contribution >= 4 is 34.1 Å². The molecular formula is C14H15ClN4S. The van der Waals surface area contributed by atoms with Gasteiger partial charge < -0.3 is 4.57 Å². The van der Waals surface area contributed by atoms with Crippen LogP contribution in [0.5, 0.6) is 0 Å². The fraction of sp³-hybridized carbons (Fsp3) is 0.357. The van der Waals surface area contributed by atoms with E-state index in [0.717, 1.165) is 34.1 Å². The zero-order chi connectivity index (χ0) is 14.1. The molecule has 20 heavy (non-hydrogen) atoms. The summed E-state index contributed by atoms with van der Waals surface area (Å²) < 4.78 is 2.10. The van der Waals surface area contributed by atoms with Crippen molar-refractivity contribution in [1.29, 1.82) is 0 Å². The highest BCUT2D eigenvalue weighted by Crippen LogP contribution is 2.24. The molecule has 3 aromatic heterocycles. The summed E-state index contributed by atoms with van der Waals surface area (Å²) >= 11 is 7.70. The highest BCUT2D eigenvalue weighted by atomic mass is 35.5. The van der Waals surface area contributed by atoms with Gasteiger partial charge in [0.2, 0.25) is 0 Å². The maximum Gasteiger partial charge on any atom is 0.160 e. The predicted molar refractivity (Wildman–Crippen MR) is 82.4 cm³/mol. The minimum absolute atomic E-state index is 0.317. The second kappa shape index (κ2) is 5.50. The van der Waals surface area contributed by atoms with E-state index in [1.165, 1.54) is 0 Å². The molecule has 1 atom stereocenters. The summed E-state index contributed by atoms with van der Waals surface area (Å²) in [6, 6.07) is 2.04. The summed E-state index contributed by atoms with van der Waals surface area (Å²) in [5, 5.41) is 3.13.